The van der Waals surface area contributed by atoms with Gasteiger partial charge in [-0.2, -0.15) is 0 Å². The molecule has 0 radical (unpaired) electrons. The Morgan fingerprint density at radius 1 is 0.614 bits per heavy atom. The quantitative estimate of drug-likeness (QED) is 0.0378. The molecule has 0 saturated carbocycles. The number of rotatable bonds is 22. The second-order valence-electron chi connectivity index (χ2n) is 11.4. The third-order valence-electron chi connectivity index (χ3n) is 7.73. The van der Waals surface area contributed by atoms with Gasteiger partial charge in [0.15, 0.2) is 5.78 Å². The lowest BCUT2D eigenvalue weighted by Crippen LogP contribution is -2.08. The molecule has 0 aromatic heterocycles. The molecule has 5 nitrogen and oxygen atoms in total. The number of hydrogen-bond acceptors (Lipinski definition) is 5. The van der Waals surface area contributed by atoms with Crippen LogP contribution in [0, 0.1) is 0 Å². The molecule has 0 saturated heterocycles. The number of carbonyl (C=O) groups is 2. The largest absolute Gasteiger partial charge is 0.497 e. The van der Waals surface area contributed by atoms with E-state index in [4.69, 9.17) is 14.2 Å². The molecule has 0 aliphatic heterocycles. The first-order valence-corrected chi connectivity index (χ1v) is 16.5. The van der Waals surface area contributed by atoms with Crippen molar-refractivity contribution in [3.63, 3.8) is 0 Å². The summed E-state index contributed by atoms with van der Waals surface area (Å²) in [5.74, 6) is 1.29. The van der Waals surface area contributed by atoms with E-state index < -0.39 is 5.97 Å². The number of methoxy groups -OCH3 is 1. The summed E-state index contributed by atoms with van der Waals surface area (Å²) in [5, 5.41) is 0. The summed E-state index contributed by atoms with van der Waals surface area (Å²) in [5.41, 5.74) is 1.77. The third-order valence-corrected chi connectivity index (χ3v) is 7.73. The summed E-state index contributed by atoms with van der Waals surface area (Å²) in [6.07, 6.45) is 21.9. The van der Waals surface area contributed by atoms with Crippen molar-refractivity contribution in [2.24, 2.45) is 0 Å². The van der Waals surface area contributed by atoms with Gasteiger partial charge in [0.05, 0.1) is 19.3 Å². The lowest BCUT2D eigenvalue weighted by Gasteiger charge is -2.08. The molecule has 0 unspecified atom stereocenters. The Balaban J connectivity index is 1.29. The number of carbonyl (C=O) groups excluding carboxylic acids is 2. The van der Waals surface area contributed by atoms with Crippen LogP contribution in [0.2, 0.25) is 0 Å². The van der Waals surface area contributed by atoms with Gasteiger partial charge >= 0.3 is 5.97 Å². The lowest BCUT2D eigenvalue weighted by atomic mass is 10.0. The number of ether oxygens (including phenoxy) is 3. The van der Waals surface area contributed by atoms with E-state index in [1.54, 1.807) is 67.8 Å². The van der Waals surface area contributed by atoms with Gasteiger partial charge in [0, 0.05) is 5.56 Å². The molecule has 0 spiro atoms. The van der Waals surface area contributed by atoms with Crippen LogP contribution in [0.15, 0.2) is 78.9 Å². The van der Waals surface area contributed by atoms with Gasteiger partial charge in [0.2, 0.25) is 0 Å². The van der Waals surface area contributed by atoms with Crippen LogP contribution in [0.4, 0.5) is 0 Å². The van der Waals surface area contributed by atoms with E-state index in [0.717, 1.165) is 17.7 Å². The highest BCUT2D eigenvalue weighted by atomic mass is 16.5. The Kier molecular flexibility index (Phi) is 16.5. The van der Waals surface area contributed by atoms with Gasteiger partial charge in [-0.05, 0) is 78.7 Å². The van der Waals surface area contributed by atoms with Gasteiger partial charge in [-0.3, -0.25) is 4.79 Å². The SMILES string of the molecule is CCCCCCCCCCCCCCCCOc1ccc(C(=O)Oc2cccc(/C=C/C(=O)c3ccc(OC)cc3)c2)cc1. The van der Waals surface area contributed by atoms with Crippen molar-refractivity contribution in [2.45, 2.75) is 96.8 Å². The molecule has 236 valence electrons. The second kappa shape index (κ2) is 20.9. The molecule has 0 fully saturated rings. The number of unbranched alkanes of at least 4 members (excludes halogenated alkanes) is 13. The van der Waals surface area contributed by atoms with Gasteiger partial charge in [0.1, 0.15) is 17.2 Å². The summed E-state index contributed by atoms with van der Waals surface area (Å²) in [6.45, 7) is 2.96. The fourth-order valence-corrected chi connectivity index (χ4v) is 5.04. The number of ketones is 1. The summed E-state index contributed by atoms with van der Waals surface area (Å²) >= 11 is 0. The van der Waals surface area contributed by atoms with Gasteiger partial charge < -0.3 is 14.2 Å². The molecule has 3 rings (SSSR count). The highest BCUT2D eigenvalue weighted by molar-refractivity contribution is 6.06. The standard InChI is InChI=1S/C39H50O5/c1-3-4-5-6-7-8-9-10-11-12-13-14-15-16-30-43-36-27-23-34(24-28-36)39(41)44-37-19-17-18-32(31-37)20-29-38(40)33-21-25-35(42-2)26-22-33/h17-29,31H,3-16,30H2,1-2H3/b29-20+. The average Bonchev–Trinajstić information content (AvgIpc) is 3.06. The monoisotopic (exact) mass is 598 g/mol. The van der Waals surface area contributed by atoms with Crippen LogP contribution in [0.3, 0.4) is 0 Å². The zero-order chi connectivity index (χ0) is 31.2. The van der Waals surface area contributed by atoms with Crippen molar-refractivity contribution >= 4 is 17.8 Å². The Morgan fingerprint density at radius 3 is 1.75 bits per heavy atom. The minimum Gasteiger partial charge on any atom is -0.497 e. The molecule has 3 aromatic rings. The minimum atomic E-state index is -0.445. The van der Waals surface area contributed by atoms with Gasteiger partial charge in [-0.25, -0.2) is 4.79 Å². The Hall–Kier alpha value is -3.86. The molecular weight excluding hydrogens is 548 g/mol. The molecule has 0 atom stereocenters. The fraction of sp³-hybridized carbons (Fsp3) is 0.436. The van der Waals surface area contributed by atoms with E-state index in [1.807, 2.05) is 18.2 Å². The van der Waals surface area contributed by atoms with Crippen molar-refractivity contribution in [2.75, 3.05) is 13.7 Å². The van der Waals surface area contributed by atoms with Crippen molar-refractivity contribution < 1.29 is 23.8 Å². The smallest absolute Gasteiger partial charge is 0.343 e. The van der Waals surface area contributed by atoms with Crippen molar-refractivity contribution in [3.8, 4) is 17.2 Å². The van der Waals surface area contributed by atoms with Crippen LogP contribution in [-0.2, 0) is 0 Å². The lowest BCUT2D eigenvalue weighted by molar-refractivity contribution is 0.0734. The molecule has 0 N–H and O–H groups in total. The number of benzene rings is 3. The van der Waals surface area contributed by atoms with Crippen LogP contribution in [0.25, 0.3) is 6.08 Å². The molecule has 44 heavy (non-hydrogen) atoms. The zero-order valence-electron chi connectivity index (χ0n) is 26.7. The number of allylic oxidation sites excluding steroid dienone is 1. The predicted molar refractivity (Wildman–Crippen MR) is 180 cm³/mol. The topological polar surface area (TPSA) is 61.8 Å². The van der Waals surface area contributed by atoms with Crippen LogP contribution in [0.1, 0.15) is 123 Å². The fourth-order valence-electron chi connectivity index (χ4n) is 5.04. The molecule has 0 amide bonds. The molecular formula is C39H50O5. The number of hydrogen-bond donors (Lipinski definition) is 0. The Bertz CT molecular complexity index is 1260. The van der Waals surface area contributed by atoms with Crippen LogP contribution < -0.4 is 14.2 Å². The van der Waals surface area contributed by atoms with Crippen molar-refractivity contribution in [1.29, 1.82) is 0 Å². The summed E-state index contributed by atoms with van der Waals surface area (Å²) in [6, 6.07) is 21.1. The van der Waals surface area contributed by atoms with Gasteiger partial charge in [0.25, 0.3) is 0 Å². The molecule has 0 aliphatic carbocycles. The summed E-state index contributed by atoms with van der Waals surface area (Å²) in [4.78, 5) is 25.2. The first kappa shape index (κ1) is 34.6. The predicted octanol–water partition coefficient (Wildman–Crippen LogP) is 10.7. The first-order chi connectivity index (χ1) is 21.6. The average molecular weight is 599 g/mol. The minimum absolute atomic E-state index is 0.123. The maximum Gasteiger partial charge on any atom is 0.343 e. The highest BCUT2D eigenvalue weighted by Crippen LogP contribution is 2.20. The summed E-state index contributed by atoms with van der Waals surface area (Å²) in [7, 11) is 1.59. The van der Waals surface area contributed by atoms with Crippen LogP contribution in [-0.4, -0.2) is 25.5 Å². The third kappa shape index (κ3) is 13.6. The van der Waals surface area contributed by atoms with Crippen molar-refractivity contribution in [3.05, 3.63) is 95.6 Å². The number of esters is 1. The van der Waals surface area contributed by atoms with Crippen molar-refractivity contribution in [1.82, 2.24) is 0 Å². The maximum atomic E-state index is 12.7. The molecule has 0 bridgehead atoms. The van der Waals surface area contributed by atoms with E-state index in [0.29, 0.717) is 29.2 Å². The molecule has 0 aliphatic rings. The second-order valence-corrected chi connectivity index (χ2v) is 11.4. The van der Waals surface area contributed by atoms with E-state index in [-0.39, 0.29) is 5.78 Å². The first-order valence-electron chi connectivity index (χ1n) is 16.5. The molecule has 3 aromatic carbocycles. The van der Waals surface area contributed by atoms with E-state index in [2.05, 4.69) is 6.92 Å². The van der Waals surface area contributed by atoms with Crippen LogP contribution in [0.5, 0.6) is 17.2 Å². The molecule has 5 heteroatoms. The van der Waals surface area contributed by atoms with E-state index in [9.17, 15) is 9.59 Å². The Labute approximate surface area is 264 Å². The molecule has 0 heterocycles. The van der Waals surface area contributed by atoms with E-state index in [1.165, 1.54) is 89.5 Å². The van der Waals surface area contributed by atoms with Gasteiger partial charge in [-0.15, -0.1) is 0 Å². The zero-order valence-corrected chi connectivity index (χ0v) is 26.7. The Morgan fingerprint density at radius 2 is 1.16 bits per heavy atom. The van der Waals surface area contributed by atoms with Crippen LogP contribution >= 0.6 is 0 Å². The summed E-state index contributed by atoms with van der Waals surface area (Å²) < 4.78 is 16.6. The van der Waals surface area contributed by atoms with Gasteiger partial charge in [-0.1, -0.05) is 109 Å². The highest BCUT2D eigenvalue weighted by Gasteiger charge is 2.09. The maximum absolute atomic E-state index is 12.7. The van der Waals surface area contributed by atoms with E-state index >= 15 is 0 Å². The normalized spacial score (nSPS) is 11.0.